The van der Waals surface area contributed by atoms with Gasteiger partial charge in [0.25, 0.3) is 0 Å². The summed E-state index contributed by atoms with van der Waals surface area (Å²) in [5.74, 6) is 0.211. The lowest BCUT2D eigenvalue weighted by molar-refractivity contribution is -0.118. The summed E-state index contributed by atoms with van der Waals surface area (Å²) in [6.45, 7) is 1.55. The molecule has 108 valence electrons. The van der Waals surface area contributed by atoms with E-state index in [1.165, 1.54) is 5.56 Å². The van der Waals surface area contributed by atoms with Crippen molar-refractivity contribution in [2.24, 2.45) is 0 Å². The SMILES string of the molecule is CN(CCC(=O)N1CCc2ccccc21)c1ccccc1. The summed E-state index contributed by atoms with van der Waals surface area (Å²) in [6, 6.07) is 18.4. The standard InChI is InChI=1S/C18H20N2O/c1-19(16-8-3-2-4-9-16)13-12-18(21)20-14-11-15-7-5-6-10-17(15)20/h2-10H,11-14H2,1H3. The third-order valence-electron chi connectivity index (χ3n) is 4.05. The number of amides is 1. The molecule has 0 fully saturated rings. The van der Waals surface area contributed by atoms with Crippen LogP contribution < -0.4 is 9.80 Å². The number of carbonyl (C=O) groups excluding carboxylic acids is 1. The Morgan fingerprint density at radius 1 is 1.10 bits per heavy atom. The van der Waals surface area contributed by atoms with Crippen molar-refractivity contribution in [1.82, 2.24) is 0 Å². The highest BCUT2D eigenvalue weighted by atomic mass is 16.2. The monoisotopic (exact) mass is 280 g/mol. The largest absolute Gasteiger partial charge is 0.374 e. The molecule has 0 aliphatic carbocycles. The normalized spacial score (nSPS) is 13.1. The molecule has 21 heavy (non-hydrogen) atoms. The third-order valence-corrected chi connectivity index (χ3v) is 4.05. The van der Waals surface area contributed by atoms with E-state index in [1.54, 1.807) is 0 Å². The van der Waals surface area contributed by atoms with Gasteiger partial charge in [-0.05, 0) is 30.2 Å². The van der Waals surface area contributed by atoms with Gasteiger partial charge in [0, 0.05) is 37.9 Å². The second-order valence-corrected chi connectivity index (χ2v) is 5.43. The van der Waals surface area contributed by atoms with Crippen LogP contribution in [-0.4, -0.2) is 26.0 Å². The van der Waals surface area contributed by atoms with Crippen molar-refractivity contribution in [3.63, 3.8) is 0 Å². The van der Waals surface area contributed by atoms with Crippen molar-refractivity contribution in [3.8, 4) is 0 Å². The minimum absolute atomic E-state index is 0.211. The number of fused-ring (bicyclic) bond motifs is 1. The molecule has 0 saturated heterocycles. The van der Waals surface area contributed by atoms with Gasteiger partial charge >= 0.3 is 0 Å². The zero-order valence-corrected chi connectivity index (χ0v) is 12.3. The predicted octanol–water partition coefficient (Wildman–Crippen LogP) is 3.10. The van der Waals surface area contributed by atoms with Crippen LogP contribution in [0.1, 0.15) is 12.0 Å². The van der Waals surface area contributed by atoms with E-state index >= 15 is 0 Å². The molecule has 0 aromatic heterocycles. The summed E-state index contributed by atoms with van der Waals surface area (Å²) in [4.78, 5) is 16.5. The number of benzene rings is 2. The van der Waals surface area contributed by atoms with Gasteiger partial charge in [-0.1, -0.05) is 36.4 Å². The summed E-state index contributed by atoms with van der Waals surface area (Å²) >= 11 is 0. The van der Waals surface area contributed by atoms with Crippen LogP contribution in [0.15, 0.2) is 54.6 Å². The summed E-state index contributed by atoms with van der Waals surface area (Å²) in [5.41, 5.74) is 3.51. The van der Waals surface area contributed by atoms with Crippen LogP contribution in [0.25, 0.3) is 0 Å². The summed E-state index contributed by atoms with van der Waals surface area (Å²) < 4.78 is 0. The molecule has 1 amide bonds. The number of hydrogen-bond acceptors (Lipinski definition) is 2. The molecule has 0 atom stereocenters. The van der Waals surface area contributed by atoms with Crippen LogP contribution in [0.4, 0.5) is 11.4 Å². The summed E-state index contributed by atoms with van der Waals surface area (Å²) in [6.07, 6.45) is 1.51. The van der Waals surface area contributed by atoms with Crippen LogP contribution in [0.5, 0.6) is 0 Å². The van der Waals surface area contributed by atoms with E-state index < -0.39 is 0 Å². The predicted molar refractivity (Wildman–Crippen MR) is 86.8 cm³/mol. The van der Waals surface area contributed by atoms with Gasteiger partial charge in [-0.3, -0.25) is 4.79 Å². The van der Waals surface area contributed by atoms with Gasteiger partial charge in [-0.25, -0.2) is 0 Å². The second-order valence-electron chi connectivity index (χ2n) is 5.43. The fraction of sp³-hybridized carbons (Fsp3) is 0.278. The quantitative estimate of drug-likeness (QED) is 0.859. The molecular weight excluding hydrogens is 260 g/mol. The Morgan fingerprint density at radius 3 is 2.62 bits per heavy atom. The van der Waals surface area contributed by atoms with Gasteiger partial charge in [0.15, 0.2) is 0 Å². The van der Waals surface area contributed by atoms with E-state index in [0.29, 0.717) is 6.42 Å². The maximum absolute atomic E-state index is 12.4. The Balaban J connectivity index is 1.61. The van der Waals surface area contributed by atoms with E-state index in [9.17, 15) is 4.79 Å². The van der Waals surface area contributed by atoms with Gasteiger partial charge in [0.2, 0.25) is 5.91 Å². The zero-order valence-electron chi connectivity index (χ0n) is 12.3. The average Bonchev–Trinajstić information content (AvgIpc) is 2.97. The highest BCUT2D eigenvalue weighted by Crippen LogP contribution is 2.27. The number of anilines is 2. The van der Waals surface area contributed by atoms with Crippen LogP contribution in [0.3, 0.4) is 0 Å². The molecule has 1 aliphatic heterocycles. The van der Waals surface area contributed by atoms with Gasteiger partial charge in [0.1, 0.15) is 0 Å². The second kappa shape index (κ2) is 6.00. The zero-order chi connectivity index (χ0) is 14.7. The molecule has 0 unspecified atom stereocenters. The van der Waals surface area contributed by atoms with Crippen molar-refractivity contribution in [2.45, 2.75) is 12.8 Å². The van der Waals surface area contributed by atoms with Crippen molar-refractivity contribution in [2.75, 3.05) is 29.9 Å². The molecule has 2 aromatic rings. The van der Waals surface area contributed by atoms with Gasteiger partial charge in [-0.15, -0.1) is 0 Å². The van der Waals surface area contributed by atoms with E-state index in [4.69, 9.17) is 0 Å². The highest BCUT2D eigenvalue weighted by Gasteiger charge is 2.23. The molecule has 0 bridgehead atoms. The molecular formula is C18H20N2O. The minimum Gasteiger partial charge on any atom is -0.374 e. The number of hydrogen-bond donors (Lipinski definition) is 0. The average molecular weight is 280 g/mol. The maximum atomic E-state index is 12.4. The molecule has 1 aliphatic rings. The van der Waals surface area contributed by atoms with Gasteiger partial charge in [0.05, 0.1) is 0 Å². The van der Waals surface area contributed by atoms with E-state index in [2.05, 4.69) is 23.1 Å². The molecule has 0 saturated carbocycles. The first kappa shape index (κ1) is 13.7. The highest BCUT2D eigenvalue weighted by molar-refractivity contribution is 5.95. The molecule has 0 spiro atoms. The Hall–Kier alpha value is -2.29. The van der Waals surface area contributed by atoms with Crippen molar-refractivity contribution in [3.05, 3.63) is 60.2 Å². The third kappa shape index (κ3) is 2.92. The first-order chi connectivity index (χ1) is 10.3. The van der Waals surface area contributed by atoms with Gasteiger partial charge < -0.3 is 9.80 Å². The fourth-order valence-electron chi connectivity index (χ4n) is 2.81. The summed E-state index contributed by atoms with van der Waals surface area (Å²) in [7, 11) is 2.03. The maximum Gasteiger partial charge on any atom is 0.228 e. The molecule has 0 N–H and O–H groups in total. The Bertz CT molecular complexity index is 624. The molecule has 2 aromatic carbocycles. The summed E-state index contributed by atoms with van der Waals surface area (Å²) in [5, 5.41) is 0. The van der Waals surface area contributed by atoms with E-state index in [1.807, 2.05) is 48.3 Å². The molecule has 3 nitrogen and oxygen atoms in total. The Kier molecular flexibility index (Phi) is 3.91. The van der Waals surface area contributed by atoms with Gasteiger partial charge in [-0.2, -0.15) is 0 Å². The first-order valence-electron chi connectivity index (χ1n) is 7.40. The van der Waals surface area contributed by atoms with Crippen LogP contribution in [0, 0.1) is 0 Å². The lowest BCUT2D eigenvalue weighted by Gasteiger charge is -2.22. The molecule has 1 heterocycles. The fourth-order valence-corrected chi connectivity index (χ4v) is 2.81. The van der Waals surface area contributed by atoms with Crippen molar-refractivity contribution < 1.29 is 4.79 Å². The van der Waals surface area contributed by atoms with Crippen molar-refractivity contribution in [1.29, 1.82) is 0 Å². The van der Waals surface area contributed by atoms with Crippen LogP contribution in [-0.2, 0) is 11.2 Å². The number of carbonyl (C=O) groups is 1. The Labute approximate surface area is 125 Å². The lowest BCUT2D eigenvalue weighted by Crippen LogP contribution is -2.32. The number of rotatable bonds is 4. The number of nitrogens with zero attached hydrogens (tertiary/aromatic N) is 2. The smallest absolute Gasteiger partial charge is 0.228 e. The first-order valence-corrected chi connectivity index (χ1v) is 7.40. The van der Waals surface area contributed by atoms with E-state index in [-0.39, 0.29) is 5.91 Å². The molecule has 3 heteroatoms. The van der Waals surface area contributed by atoms with Crippen LogP contribution >= 0.6 is 0 Å². The van der Waals surface area contributed by atoms with E-state index in [0.717, 1.165) is 30.9 Å². The topological polar surface area (TPSA) is 23.6 Å². The number of para-hydroxylation sites is 2. The molecule has 3 rings (SSSR count). The minimum atomic E-state index is 0.211. The van der Waals surface area contributed by atoms with Crippen molar-refractivity contribution >= 4 is 17.3 Å². The molecule has 0 radical (unpaired) electrons. The lowest BCUT2D eigenvalue weighted by atomic mass is 10.2. The van der Waals surface area contributed by atoms with Crippen LogP contribution in [0.2, 0.25) is 0 Å². The Morgan fingerprint density at radius 2 is 1.81 bits per heavy atom.